The van der Waals surface area contributed by atoms with E-state index in [9.17, 15) is 25.6 Å². The van der Waals surface area contributed by atoms with Crippen LogP contribution in [0.25, 0.3) is 0 Å². The van der Waals surface area contributed by atoms with E-state index < -0.39 is 36.6 Å². The van der Waals surface area contributed by atoms with Crippen molar-refractivity contribution in [3.63, 3.8) is 0 Å². The maximum absolute atomic E-state index is 14.0. The molecule has 0 radical (unpaired) electrons. The highest BCUT2D eigenvalue weighted by molar-refractivity contribution is 7.92. The van der Waals surface area contributed by atoms with Crippen LogP contribution in [-0.2, 0) is 20.0 Å². The summed E-state index contributed by atoms with van der Waals surface area (Å²) >= 11 is 0. The second-order valence-electron chi connectivity index (χ2n) is 5.86. The summed E-state index contributed by atoms with van der Waals surface area (Å²) in [6, 6.07) is 5.76. The molecule has 11 heteroatoms. The van der Waals surface area contributed by atoms with Crippen molar-refractivity contribution in [3.8, 4) is 5.75 Å². The fourth-order valence-corrected chi connectivity index (χ4v) is 5.24. The monoisotopic (exact) mass is 448 g/mol. The first-order chi connectivity index (χ1) is 13.6. The Hall–Kier alpha value is -2.24. The summed E-state index contributed by atoms with van der Waals surface area (Å²) in [5, 5.41) is 0. The van der Waals surface area contributed by atoms with Crippen molar-refractivity contribution in [1.82, 2.24) is 4.31 Å². The van der Waals surface area contributed by atoms with Crippen molar-refractivity contribution in [2.24, 2.45) is 0 Å². The maximum atomic E-state index is 14.0. The van der Waals surface area contributed by atoms with E-state index in [1.807, 2.05) is 0 Å². The van der Waals surface area contributed by atoms with E-state index >= 15 is 0 Å². The lowest BCUT2D eigenvalue weighted by atomic mass is 10.3. The molecule has 1 N–H and O–H groups in total. The van der Waals surface area contributed by atoms with Gasteiger partial charge in [0.15, 0.2) is 0 Å². The summed E-state index contributed by atoms with van der Waals surface area (Å²) in [6.07, 6.45) is 0. The van der Waals surface area contributed by atoms with Crippen LogP contribution in [0.15, 0.2) is 46.2 Å². The van der Waals surface area contributed by atoms with Crippen LogP contribution in [-0.4, -0.2) is 40.8 Å². The van der Waals surface area contributed by atoms with Gasteiger partial charge in [0.2, 0.25) is 10.0 Å². The number of rotatable bonds is 9. The van der Waals surface area contributed by atoms with Crippen LogP contribution in [0.5, 0.6) is 5.75 Å². The molecule has 0 aliphatic heterocycles. The third-order valence-corrected chi connectivity index (χ3v) is 7.47. The molecular formula is C18H22F2N2O5S2. The smallest absolute Gasteiger partial charge is 0.264 e. The fraction of sp³-hybridized carbons (Fsp3) is 0.333. The SMILES string of the molecule is CCOc1ccc(S(=O)(=O)N(CC)CC)cc1NS(=O)(=O)c1ccc(F)cc1F. The lowest BCUT2D eigenvalue weighted by molar-refractivity contribution is 0.341. The van der Waals surface area contributed by atoms with Gasteiger partial charge in [-0.05, 0) is 37.3 Å². The molecular weight excluding hydrogens is 426 g/mol. The molecule has 0 bridgehead atoms. The predicted octanol–water partition coefficient (Wildman–Crippen LogP) is 3.19. The van der Waals surface area contributed by atoms with Crippen LogP contribution in [0.3, 0.4) is 0 Å². The van der Waals surface area contributed by atoms with Crippen molar-refractivity contribution < 1.29 is 30.4 Å². The number of benzene rings is 2. The van der Waals surface area contributed by atoms with Gasteiger partial charge in [0.05, 0.1) is 17.2 Å². The number of nitrogens with zero attached hydrogens (tertiary/aromatic N) is 1. The second kappa shape index (κ2) is 9.06. The highest BCUT2D eigenvalue weighted by Crippen LogP contribution is 2.31. The summed E-state index contributed by atoms with van der Waals surface area (Å²) in [7, 11) is -8.35. The molecule has 0 aliphatic carbocycles. The lowest BCUT2D eigenvalue weighted by Gasteiger charge is -2.20. The van der Waals surface area contributed by atoms with Crippen molar-refractivity contribution >= 4 is 25.7 Å². The largest absolute Gasteiger partial charge is 0.492 e. The van der Waals surface area contributed by atoms with Crippen molar-refractivity contribution in [2.75, 3.05) is 24.4 Å². The van der Waals surface area contributed by atoms with Crippen LogP contribution in [0.2, 0.25) is 0 Å². The molecule has 0 amide bonds. The van der Waals surface area contributed by atoms with Gasteiger partial charge in [-0.15, -0.1) is 0 Å². The molecule has 160 valence electrons. The van der Waals surface area contributed by atoms with E-state index in [1.165, 1.54) is 16.4 Å². The molecule has 0 fully saturated rings. The summed E-state index contributed by atoms with van der Waals surface area (Å²) in [5.41, 5.74) is -0.177. The van der Waals surface area contributed by atoms with E-state index in [2.05, 4.69) is 4.72 Å². The average Bonchev–Trinajstić information content (AvgIpc) is 2.63. The van der Waals surface area contributed by atoms with Crippen LogP contribution in [0, 0.1) is 11.6 Å². The normalized spacial score (nSPS) is 12.2. The molecule has 2 aromatic carbocycles. The maximum Gasteiger partial charge on any atom is 0.264 e. The number of sulfonamides is 2. The third-order valence-electron chi connectivity index (χ3n) is 4.02. The Morgan fingerprint density at radius 2 is 1.62 bits per heavy atom. The van der Waals surface area contributed by atoms with Crippen molar-refractivity contribution in [2.45, 2.75) is 30.6 Å². The van der Waals surface area contributed by atoms with E-state index in [-0.39, 0.29) is 36.0 Å². The summed E-state index contributed by atoms with van der Waals surface area (Å²) < 4.78 is 86.5. The molecule has 0 saturated heterocycles. The standard InChI is InChI=1S/C18H22F2N2O5S2/c1-4-22(5-2)29(25,26)14-8-9-17(27-6-3)16(12-14)21-28(23,24)18-10-7-13(19)11-15(18)20/h7-12,21H,4-6H2,1-3H3. The number of ether oxygens (including phenoxy) is 1. The van der Waals surface area contributed by atoms with Gasteiger partial charge in [-0.2, -0.15) is 4.31 Å². The first-order valence-electron chi connectivity index (χ1n) is 8.81. The van der Waals surface area contributed by atoms with Gasteiger partial charge in [-0.1, -0.05) is 13.8 Å². The van der Waals surface area contributed by atoms with Gasteiger partial charge in [-0.25, -0.2) is 25.6 Å². The van der Waals surface area contributed by atoms with Gasteiger partial charge in [0, 0.05) is 19.2 Å². The van der Waals surface area contributed by atoms with Crippen molar-refractivity contribution in [1.29, 1.82) is 0 Å². The third kappa shape index (κ3) is 5.03. The van der Waals surface area contributed by atoms with Crippen LogP contribution >= 0.6 is 0 Å². The van der Waals surface area contributed by atoms with E-state index in [0.29, 0.717) is 6.07 Å². The molecule has 0 unspecified atom stereocenters. The van der Waals surface area contributed by atoms with E-state index in [4.69, 9.17) is 4.74 Å². The number of anilines is 1. The zero-order chi connectivity index (χ0) is 21.8. The lowest BCUT2D eigenvalue weighted by Crippen LogP contribution is -2.30. The minimum atomic E-state index is -4.48. The van der Waals surface area contributed by atoms with Gasteiger partial charge < -0.3 is 4.74 Å². The molecule has 7 nitrogen and oxygen atoms in total. The first kappa shape index (κ1) is 23.0. The molecule has 0 atom stereocenters. The zero-order valence-electron chi connectivity index (χ0n) is 16.1. The number of nitrogens with one attached hydrogen (secondary N) is 1. The second-order valence-corrected chi connectivity index (χ2v) is 9.45. The van der Waals surface area contributed by atoms with Gasteiger partial charge in [-0.3, -0.25) is 4.72 Å². The predicted molar refractivity (Wildman–Crippen MR) is 105 cm³/mol. The molecule has 0 aromatic heterocycles. The Morgan fingerprint density at radius 3 is 2.17 bits per heavy atom. The Bertz CT molecular complexity index is 1090. The number of hydrogen-bond donors (Lipinski definition) is 1. The average molecular weight is 449 g/mol. The van der Waals surface area contributed by atoms with Gasteiger partial charge in [0.1, 0.15) is 22.3 Å². The minimum absolute atomic E-state index is 0.0668. The quantitative estimate of drug-likeness (QED) is 0.636. The number of hydrogen-bond acceptors (Lipinski definition) is 5. The molecule has 0 aliphatic rings. The summed E-state index contributed by atoms with van der Waals surface area (Å²) in [6.45, 7) is 5.66. The molecule has 29 heavy (non-hydrogen) atoms. The Balaban J connectivity index is 2.55. The summed E-state index contributed by atoms with van der Waals surface area (Å²) in [5.74, 6) is -2.14. The van der Waals surface area contributed by atoms with Crippen molar-refractivity contribution in [3.05, 3.63) is 48.0 Å². The first-order valence-corrected chi connectivity index (χ1v) is 11.7. The highest BCUT2D eigenvalue weighted by atomic mass is 32.2. The Morgan fingerprint density at radius 1 is 0.966 bits per heavy atom. The van der Waals surface area contributed by atoms with Gasteiger partial charge >= 0.3 is 0 Å². The zero-order valence-corrected chi connectivity index (χ0v) is 17.8. The number of halogens is 2. The van der Waals surface area contributed by atoms with Crippen LogP contribution in [0.4, 0.5) is 14.5 Å². The molecule has 0 spiro atoms. The molecule has 0 heterocycles. The van der Waals surface area contributed by atoms with Crippen LogP contribution < -0.4 is 9.46 Å². The summed E-state index contributed by atoms with van der Waals surface area (Å²) in [4.78, 5) is -0.930. The Labute approximate surface area is 169 Å². The van der Waals surface area contributed by atoms with E-state index in [0.717, 1.165) is 18.2 Å². The minimum Gasteiger partial charge on any atom is -0.492 e. The van der Waals surface area contributed by atoms with Gasteiger partial charge in [0.25, 0.3) is 10.0 Å². The van der Waals surface area contributed by atoms with Crippen LogP contribution in [0.1, 0.15) is 20.8 Å². The fourth-order valence-electron chi connectivity index (χ4n) is 2.64. The topological polar surface area (TPSA) is 92.8 Å². The molecule has 2 aromatic rings. The molecule has 0 saturated carbocycles. The Kier molecular flexibility index (Phi) is 7.20. The molecule has 2 rings (SSSR count). The highest BCUT2D eigenvalue weighted by Gasteiger charge is 2.26. The van der Waals surface area contributed by atoms with E-state index in [1.54, 1.807) is 20.8 Å².